The van der Waals surface area contributed by atoms with Crippen molar-refractivity contribution in [2.75, 3.05) is 12.4 Å². The number of rotatable bonds is 4. The number of aromatic hydroxyl groups is 1. The van der Waals surface area contributed by atoms with Crippen molar-refractivity contribution < 1.29 is 24.5 Å². The topological polar surface area (TPSA) is 95.9 Å². The third-order valence-corrected chi connectivity index (χ3v) is 3.47. The Balaban J connectivity index is 2.29. The Morgan fingerprint density at radius 2 is 2.05 bits per heavy atom. The highest BCUT2D eigenvalue weighted by atomic mass is 32.1. The molecule has 0 aliphatic carbocycles. The summed E-state index contributed by atoms with van der Waals surface area (Å²) in [6, 6.07) is 5.97. The quantitative estimate of drug-likeness (QED) is 0.804. The number of amides is 1. The average Bonchev–Trinajstić information content (AvgIpc) is 2.87. The van der Waals surface area contributed by atoms with E-state index in [0.29, 0.717) is 0 Å². The monoisotopic (exact) mass is 293 g/mol. The van der Waals surface area contributed by atoms with Crippen molar-refractivity contribution in [3.63, 3.8) is 0 Å². The first-order valence-corrected chi connectivity index (χ1v) is 6.40. The van der Waals surface area contributed by atoms with Gasteiger partial charge in [0.2, 0.25) is 0 Å². The molecule has 0 bridgehead atoms. The third kappa shape index (κ3) is 2.57. The predicted molar refractivity (Wildman–Crippen MR) is 73.9 cm³/mol. The van der Waals surface area contributed by atoms with Gasteiger partial charge >= 0.3 is 5.97 Å². The number of carboxylic acid groups (broad SMARTS) is 1. The second kappa shape index (κ2) is 5.62. The van der Waals surface area contributed by atoms with E-state index < -0.39 is 11.9 Å². The van der Waals surface area contributed by atoms with Gasteiger partial charge in [-0.2, -0.15) is 0 Å². The van der Waals surface area contributed by atoms with Gasteiger partial charge in [0.25, 0.3) is 5.91 Å². The number of benzene rings is 1. The molecule has 0 aliphatic heterocycles. The van der Waals surface area contributed by atoms with Crippen LogP contribution in [0.5, 0.6) is 11.5 Å². The second-order valence-electron chi connectivity index (χ2n) is 3.78. The summed E-state index contributed by atoms with van der Waals surface area (Å²) in [6.07, 6.45) is 0. The third-order valence-electron chi connectivity index (χ3n) is 2.57. The summed E-state index contributed by atoms with van der Waals surface area (Å²) < 4.78 is 4.91. The zero-order valence-electron chi connectivity index (χ0n) is 10.4. The van der Waals surface area contributed by atoms with Crippen molar-refractivity contribution in [3.8, 4) is 11.5 Å². The van der Waals surface area contributed by atoms with E-state index in [4.69, 9.17) is 9.84 Å². The van der Waals surface area contributed by atoms with Crippen LogP contribution in [0.2, 0.25) is 0 Å². The summed E-state index contributed by atoms with van der Waals surface area (Å²) in [5, 5.41) is 22.8. The number of phenolic OH excluding ortho intramolecular Hbond substituents is 1. The molecule has 0 saturated carbocycles. The van der Waals surface area contributed by atoms with Crippen LogP contribution in [0.15, 0.2) is 29.6 Å². The number of anilines is 1. The maximum absolute atomic E-state index is 12.1. The Labute approximate surface area is 118 Å². The molecule has 3 N–H and O–H groups in total. The van der Waals surface area contributed by atoms with Gasteiger partial charge in [-0.1, -0.05) is 6.07 Å². The van der Waals surface area contributed by atoms with Gasteiger partial charge in [0.1, 0.15) is 4.88 Å². The van der Waals surface area contributed by atoms with Crippen molar-refractivity contribution >= 4 is 28.9 Å². The minimum absolute atomic E-state index is 0.00638. The van der Waals surface area contributed by atoms with Crippen LogP contribution < -0.4 is 10.1 Å². The largest absolute Gasteiger partial charge is 0.504 e. The Kier molecular flexibility index (Phi) is 3.90. The smallest absolute Gasteiger partial charge is 0.348 e. The van der Waals surface area contributed by atoms with E-state index in [1.165, 1.54) is 25.3 Å². The normalized spacial score (nSPS) is 10.1. The summed E-state index contributed by atoms with van der Waals surface area (Å²) >= 11 is 1.01. The lowest BCUT2D eigenvalue weighted by Gasteiger charge is -2.09. The van der Waals surface area contributed by atoms with Crippen LogP contribution in [0.25, 0.3) is 0 Å². The average molecular weight is 293 g/mol. The number of hydrogen-bond donors (Lipinski definition) is 3. The molecule has 1 aromatic heterocycles. The minimum Gasteiger partial charge on any atom is -0.504 e. The van der Waals surface area contributed by atoms with E-state index in [1.807, 2.05) is 0 Å². The standard InChI is InChI=1S/C13H11NO5S/c1-19-9-4-2-3-7(10(9)15)12(16)14-8-5-6-20-11(8)13(17)18/h2-6,15H,1H3,(H,14,16)(H,17,18). The van der Waals surface area contributed by atoms with Gasteiger partial charge in [0.05, 0.1) is 18.4 Å². The number of carboxylic acids is 1. The van der Waals surface area contributed by atoms with Crippen molar-refractivity contribution in [2.45, 2.75) is 0 Å². The van der Waals surface area contributed by atoms with Gasteiger partial charge in [0.15, 0.2) is 11.5 Å². The summed E-state index contributed by atoms with van der Waals surface area (Å²) in [5.74, 6) is -1.85. The molecule has 20 heavy (non-hydrogen) atoms. The molecular formula is C13H11NO5S. The first-order valence-electron chi connectivity index (χ1n) is 5.52. The number of para-hydroxylation sites is 1. The van der Waals surface area contributed by atoms with Gasteiger partial charge in [-0.15, -0.1) is 11.3 Å². The molecule has 104 valence electrons. The Hall–Kier alpha value is -2.54. The fraction of sp³-hybridized carbons (Fsp3) is 0.0769. The number of carbonyl (C=O) groups is 2. The first kappa shape index (κ1) is 13.9. The fourth-order valence-corrected chi connectivity index (χ4v) is 2.32. The highest BCUT2D eigenvalue weighted by Gasteiger charge is 2.18. The minimum atomic E-state index is -1.12. The Morgan fingerprint density at radius 3 is 2.70 bits per heavy atom. The number of nitrogens with one attached hydrogen (secondary N) is 1. The van der Waals surface area contributed by atoms with Crippen LogP contribution in [0, 0.1) is 0 Å². The summed E-state index contributed by atoms with van der Waals surface area (Å²) in [4.78, 5) is 23.0. The highest BCUT2D eigenvalue weighted by Crippen LogP contribution is 2.30. The molecule has 1 amide bonds. The van der Waals surface area contributed by atoms with E-state index in [9.17, 15) is 14.7 Å². The van der Waals surface area contributed by atoms with Crippen LogP contribution in [-0.4, -0.2) is 29.2 Å². The Morgan fingerprint density at radius 1 is 1.30 bits per heavy atom. The number of carbonyl (C=O) groups excluding carboxylic acids is 1. The zero-order chi connectivity index (χ0) is 14.7. The molecule has 2 aromatic rings. The van der Waals surface area contributed by atoms with Gasteiger partial charge in [-0.3, -0.25) is 4.79 Å². The number of hydrogen-bond acceptors (Lipinski definition) is 5. The molecule has 0 atom stereocenters. The maximum atomic E-state index is 12.1. The molecule has 0 fully saturated rings. The van der Waals surface area contributed by atoms with Gasteiger partial charge < -0.3 is 20.3 Å². The lowest BCUT2D eigenvalue weighted by Crippen LogP contribution is -2.13. The van der Waals surface area contributed by atoms with Crippen LogP contribution in [0.1, 0.15) is 20.0 Å². The van der Waals surface area contributed by atoms with Crippen LogP contribution in [0.3, 0.4) is 0 Å². The second-order valence-corrected chi connectivity index (χ2v) is 4.70. The molecule has 6 nitrogen and oxygen atoms in total. The number of thiophene rings is 1. The van der Waals surface area contributed by atoms with Crippen molar-refractivity contribution in [1.82, 2.24) is 0 Å². The van der Waals surface area contributed by atoms with Crippen molar-refractivity contribution in [2.24, 2.45) is 0 Å². The van der Waals surface area contributed by atoms with E-state index in [0.717, 1.165) is 11.3 Å². The Bertz CT molecular complexity index is 665. The molecule has 0 saturated heterocycles. The summed E-state index contributed by atoms with van der Waals surface area (Å²) in [6.45, 7) is 0. The van der Waals surface area contributed by atoms with Gasteiger partial charge in [-0.05, 0) is 23.6 Å². The number of methoxy groups -OCH3 is 1. The van der Waals surface area contributed by atoms with E-state index >= 15 is 0 Å². The molecule has 0 spiro atoms. The lowest BCUT2D eigenvalue weighted by atomic mass is 10.1. The molecule has 2 rings (SSSR count). The molecule has 7 heteroatoms. The predicted octanol–water partition coefficient (Wildman–Crippen LogP) is 2.41. The van der Waals surface area contributed by atoms with Gasteiger partial charge in [-0.25, -0.2) is 4.79 Å². The number of phenols is 1. The van der Waals surface area contributed by atoms with Crippen molar-refractivity contribution in [3.05, 3.63) is 40.1 Å². The molecule has 0 unspecified atom stereocenters. The number of ether oxygens (including phenoxy) is 1. The SMILES string of the molecule is COc1cccc(C(=O)Nc2ccsc2C(=O)O)c1O. The molecule has 0 aliphatic rings. The van der Waals surface area contributed by atoms with Crippen molar-refractivity contribution in [1.29, 1.82) is 0 Å². The van der Waals surface area contributed by atoms with E-state index in [1.54, 1.807) is 11.4 Å². The zero-order valence-corrected chi connectivity index (χ0v) is 11.2. The van der Waals surface area contributed by atoms with Crippen LogP contribution >= 0.6 is 11.3 Å². The highest BCUT2D eigenvalue weighted by molar-refractivity contribution is 7.12. The van der Waals surface area contributed by atoms with E-state index in [-0.39, 0.29) is 27.6 Å². The molecule has 0 radical (unpaired) electrons. The summed E-state index contributed by atoms with van der Waals surface area (Å²) in [5.41, 5.74) is 0.196. The number of aromatic carboxylic acids is 1. The molecular weight excluding hydrogens is 282 g/mol. The van der Waals surface area contributed by atoms with E-state index in [2.05, 4.69) is 5.32 Å². The maximum Gasteiger partial charge on any atom is 0.348 e. The van der Waals surface area contributed by atoms with Crippen LogP contribution in [0.4, 0.5) is 5.69 Å². The van der Waals surface area contributed by atoms with Gasteiger partial charge in [0, 0.05) is 0 Å². The lowest BCUT2D eigenvalue weighted by molar-refractivity contribution is 0.0703. The fourth-order valence-electron chi connectivity index (χ4n) is 1.63. The summed E-state index contributed by atoms with van der Waals surface area (Å²) in [7, 11) is 1.37. The molecule has 1 heterocycles. The van der Waals surface area contributed by atoms with Crippen LogP contribution in [-0.2, 0) is 0 Å². The molecule has 1 aromatic carbocycles. The first-order chi connectivity index (χ1) is 9.54.